The van der Waals surface area contributed by atoms with E-state index in [1.807, 2.05) is 0 Å². The third kappa shape index (κ3) is 5.18. The Morgan fingerprint density at radius 2 is 2.00 bits per heavy atom. The van der Waals surface area contributed by atoms with Crippen LogP contribution in [0.2, 0.25) is 0 Å². The minimum Gasteiger partial charge on any atom is -0.486 e. The van der Waals surface area contributed by atoms with Crippen LogP contribution in [0.1, 0.15) is 33.6 Å². The fraction of sp³-hybridized carbons (Fsp3) is 0.571. The van der Waals surface area contributed by atoms with Crippen molar-refractivity contribution in [3.8, 4) is 5.75 Å². The van der Waals surface area contributed by atoms with Gasteiger partial charge in [0.25, 0.3) is 0 Å². The first-order chi connectivity index (χ1) is 8.13. The van der Waals surface area contributed by atoms with Crippen LogP contribution < -0.4 is 10.1 Å². The van der Waals surface area contributed by atoms with Crippen molar-refractivity contribution in [2.75, 3.05) is 6.54 Å². The number of rotatable bonds is 7. The highest BCUT2D eigenvalue weighted by atomic mass is 19.1. The molecule has 1 N–H and O–H groups in total. The maximum absolute atomic E-state index is 13.4. The van der Waals surface area contributed by atoms with E-state index < -0.39 is 0 Å². The Labute approximate surface area is 103 Å². The number of nitrogens with one attached hydrogen (secondary N) is 1. The van der Waals surface area contributed by atoms with Crippen LogP contribution in [0.4, 0.5) is 4.39 Å². The van der Waals surface area contributed by atoms with Crippen molar-refractivity contribution in [3.63, 3.8) is 0 Å². The lowest BCUT2D eigenvalue weighted by Gasteiger charge is -2.20. The van der Waals surface area contributed by atoms with E-state index >= 15 is 0 Å². The summed E-state index contributed by atoms with van der Waals surface area (Å²) in [4.78, 5) is 0. The molecule has 0 spiro atoms. The van der Waals surface area contributed by atoms with Gasteiger partial charge in [0, 0.05) is 12.6 Å². The van der Waals surface area contributed by atoms with Crippen LogP contribution >= 0.6 is 0 Å². The van der Waals surface area contributed by atoms with Crippen LogP contribution in [0, 0.1) is 5.82 Å². The SMILES string of the molecule is CCCC(CNC(C)C)Oc1ccccc1F. The van der Waals surface area contributed by atoms with Gasteiger partial charge in [0.1, 0.15) is 6.10 Å². The monoisotopic (exact) mass is 239 g/mol. The average molecular weight is 239 g/mol. The molecule has 1 unspecified atom stereocenters. The lowest BCUT2D eigenvalue weighted by Crippen LogP contribution is -2.35. The first-order valence-corrected chi connectivity index (χ1v) is 6.28. The van der Waals surface area contributed by atoms with Crippen LogP contribution in [0.3, 0.4) is 0 Å². The van der Waals surface area contributed by atoms with Gasteiger partial charge in [-0.2, -0.15) is 0 Å². The fourth-order valence-electron chi connectivity index (χ4n) is 1.61. The molecule has 1 aromatic carbocycles. The first-order valence-electron chi connectivity index (χ1n) is 6.28. The van der Waals surface area contributed by atoms with Gasteiger partial charge in [0.2, 0.25) is 0 Å². The highest BCUT2D eigenvalue weighted by molar-refractivity contribution is 5.23. The molecule has 17 heavy (non-hydrogen) atoms. The van der Waals surface area contributed by atoms with E-state index in [2.05, 4.69) is 26.1 Å². The summed E-state index contributed by atoms with van der Waals surface area (Å²) in [6, 6.07) is 6.97. The summed E-state index contributed by atoms with van der Waals surface area (Å²) in [5.74, 6) is 0.0506. The Morgan fingerprint density at radius 1 is 1.29 bits per heavy atom. The summed E-state index contributed by atoms with van der Waals surface area (Å²) < 4.78 is 19.1. The number of para-hydroxylation sites is 1. The molecule has 0 saturated carbocycles. The molecule has 0 aromatic heterocycles. The van der Waals surface area contributed by atoms with Crippen molar-refractivity contribution in [1.82, 2.24) is 5.32 Å². The summed E-state index contributed by atoms with van der Waals surface area (Å²) in [6.07, 6.45) is 1.98. The average Bonchev–Trinajstić information content (AvgIpc) is 2.29. The number of hydrogen-bond acceptors (Lipinski definition) is 2. The number of hydrogen-bond donors (Lipinski definition) is 1. The van der Waals surface area contributed by atoms with Crippen molar-refractivity contribution in [1.29, 1.82) is 0 Å². The van der Waals surface area contributed by atoms with E-state index in [1.165, 1.54) is 6.07 Å². The normalized spacial score (nSPS) is 12.8. The summed E-state index contributed by atoms with van der Waals surface area (Å²) in [5, 5.41) is 3.32. The predicted octanol–water partition coefficient (Wildman–Crippen LogP) is 3.37. The Bertz CT molecular complexity index is 328. The molecule has 0 radical (unpaired) electrons. The van der Waals surface area contributed by atoms with E-state index in [0.29, 0.717) is 11.8 Å². The largest absolute Gasteiger partial charge is 0.486 e. The molecule has 0 bridgehead atoms. The molecular weight excluding hydrogens is 217 g/mol. The molecule has 1 rings (SSSR count). The third-order valence-electron chi connectivity index (χ3n) is 2.49. The minimum atomic E-state index is -0.293. The van der Waals surface area contributed by atoms with Gasteiger partial charge in [-0.1, -0.05) is 39.3 Å². The van der Waals surface area contributed by atoms with Crippen molar-refractivity contribution in [3.05, 3.63) is 30.1 Å². The zero-order valence-corrected chi connectivity index (χ0v) is 10.9. The van der Waals surface area contributed by atoms with Gasteiger partial charge in [-0.15, -0.1) is 0 Å². The lowest BCUT2D eigenvalue weighted by molar-refractivity contribution is 0.176. The molecule has 0 heterocycles. The highest BCUT2D eigenvalue weighted by Gasteiger charge is 2.12. The molecule has 2 nitrogen and oxygen atoms in total. The van der Waals surface area contributed by atoms with E-state index in [4.69, 9.17) is 4.74 Å². The maximum Gasteiger partial charge on any atom is 0.165 e. The maximum atomic E-state index is 13.4. The molecule has 0 saturated heterocycles. The third-order valence-corrected chi connectivity index (χ3v) is 2.49. The highest BCUT2D eigenvalue weighted by Crippen LogP contribution is 2.18. The molecule has 96 valence electrons. The quantitative estimate of drug-likeness (QED) is 0.787. The van der Waals surface area contributed by atoms with Crippen molar-refractivity contribution in [2.24, 2.45) is 0 Å². The Kier molecular flexibility index (Phi) is 5.98. The smallest absolute Gasteiger partial charge is 0.165 e. The standard InChI is InChI=1S/C14H22FNO/c1-4-7-12(10-16-11(2)3)17-14-9-6-5-8-13(14)15/h5-6,8-9,11-12,16H,4,7,10H2,1-3H3. The Balaban J connectivity index is 2.56. The molecular formula is C14H22FNO. The number of halogens is 1. The molecule has 0 aliphatic carbocycles. The summed E-state index contributed by atoms with van der Waals surface area (Å²) in [5.41, 5.74) is 0. The molecule has 3 heteroatoms. The van der Waals surface area contributed by atoms with Gasteiger partial charge in [0.05, 0.1) is 0 Å². The van der Waals surface area contributed by atoms with Crippen molar-refractivity contribution in [2.45, 2.75) is 45.8 Å². The van der Waals surface area contributed by atoms with Gasteiger partial charge in [-0.3, -0.25) is 0 Å². The van der Waals surface area contributed by atoms with Gasteiger partial charge >= 0.3 is 0 Å². The van der Waals surface area contributed by atoms with Gasteiger partial charge in [-0.25, -0.2) is 4.39 Å². The lowest BCUT2D eigenvalue weighted by atomic mass is 10.2. The second-order valence-corrected chi connectivity index (χ2v) is 4.52. The molecule has 1 aromatic rings. The molecule has 0 aliphatic rings. The molecule has 0 fully saturated rings. The van der Waals surface area contributed by atoms with Crippen LogP contribution in [0.15, 0.2) is 24.3 Å². The van der Waals surface area contributed by atoms with E-state index in [0.717, 1.165) is 19.4 Å². The zero-order chi connectivity index (χ0) is 12.7. The van der Waals surface area contributed by atoms with Crippen LogP contribution in [-0.4, -0.2) is 18.7 Å². The van der Waals surface area contributed by atoms with Crippen molar-refractivity contribution < 1.29 is 9.13 Å². The van der Waals surface area contributed by atoms with E-state index in [1.54, 1.807) is 18.2 Å². The van der Waals surface area contributed by atoms with Gasteiger partial charge in [0.15, 0.2) is 11.6 Å². The summed E-state index contributed by atoms with van der Waals surface area (Å²) >= 11 is 0. The second kappa shape index (κ2) is 7.28. The van der Waals surface area contributed by atoms with E-state index in [-0.39, 0.29) is 11.9 Å². The predicted molar refractivity (Wildman–Crippen MR) is 68.9 cm³/mol. The van der Waals surface area contributed by atoms with Crippen LogP contribution in [-0.2, 0) is 0 Å². The van der Waals surface area contributed by atoms with E-state index in [9.17, 15) is 4.39 Å². The molecule has 0 amide bonds. The summed E-state index contributed by atoms with van der Waals surface area (Å²) in [6.45, 7) is 7.03. The second-order valence-electron chi connectivity index (χ2n) is 4.52. The Hall–Kier alpha value is -1.09. The van der Waals surface area contributed by atoms with Crippen LogP contribution in [0.25, 0.3) is 0 Å². The fourth-order valence-corrected chi connectivity index (χ4v) is 1.61. The summed E-state index contributed by atoms with van der Waals surface area (Å²) in [7, 11) is 0. The van der Waals surface area contributed by atoms with Crippen LogP contribution in [0.5, 0.6) is 5.75 Å². The topological polar surface area (TPSA) is 21.3 Å². The number of ether oxygens (including phenoxy) is 1. The van der Waals surface area contributed by atoms with Crippen molar-refractivity contribution >= 4 is 0 Å². The molecule has 1 atom stereocenters. The minimum absolute atomic E-state index is 0.0271. The molecule has 0 aliphatic heterocycles. The zero-order valence-electron chi connectivity index (χ0n) is 10.9. The van der Waals surface area contributed by atoms with Gasteiger partial charge < -0.3 is 10.1 Å². The number of benzene rings is 1. The Morgan fingerprint density at radius 3 is 2.59 bits per heavy atom. The van der Waals surface area contributed by atoms with Gasteiger partial charge in [-0.05, 0) is 18.6 Å². The first kappa shape index (κ1) is 14.0.